The second-order valence-corrected chi connectivity index (χ2v) is 4.09. The Morgan fingerprint density at radius 3 is 2.93 bits per heavy atom. The predicted molar refractivity (Wildman–Crippen MR) is 60.2 cm³/mol. The maximum absolute atomic E-state index is 11.6. The van der Waals surface area contributed by atoms with Gasteiger partial charge in [-0.15, -0.1) is 0 Å². The summed E-state index contributed by atoms with van der Waals surface area (Å²) >= 11 is 1.16. The molecule has 0 aliphatic heterocycles. The van der Waals surface area contributed by atoms with Crippen LogP contribution in [-0.2, 0) is 11.3 Å². The lowest BCUT2D eigenvalue weighted by atomic mass is 10.3. The van der Waals surface area contributed by atoms with Crippen LogP contribution >= 0.6 is 11.3 Å². The molecule has 2 rings (SSSR count). The van der Waals surface area contributed by atoms with Crippen LogP contribution in [0.4, 0.5) is 0 Å². The first-order valence-corrected chi connectivity index (χ1v) is 5.33. The van der Waals surface area contributed by atoms with Crippen molar-refractivity contribution in [2.45, 2.75) is 6.54 Å². The van der Waals surface area contributed by atoms with Gasteiger partial charge in [0.1, 0.15) is 6.54 Å². The van der Waals surface area contributed by atoms with E-state index in [0.29, 0.717) is 0 Å². The summed E-state index contributed by atoms with van der Waals surface area (Å²) in [6.45, 7) is 0.0827. The third-order valence-corrected chi connectivity index (χ3v) is 3.11. The van der Waals surface area contributed by atoms with Crippen molar-refractivity contribution < 1.29 is 4.79 Å². The Kier molecular flexibility index (Phi) is 2.55. The van der Waals surface area contributed by atoms with Crippen LogP contribution in [0.15, 0.2) is 29.1 Å². The van der Waals surface area contributed by atoms with Crippen molar-refractivity contribution in [2.24, 2.45) is 0 Å². The van der Waals surface area contributed by atoms with Gasteiger partial charge in [-0.3, -0.25) is 14.2 Å². The minimum absolute atomic E-state index is 0.0827. The molecule has 1 aromatic carbocycles. The summed E-state index contributed by atoms with van der Waals surface area (Å²) in [6, 6.07) is 7.45. The van der Waals surface area contributed by atoms with Crippen molar-refractivity contribution in [1.29, 1.82) is 0 Å². The molecule has 4 nitrogen and oxygen atoms in total. The molecular weight excluding hydrogens is 212 g/mol. The number of nitrogens with one attached hydrogen (secondary N) is 1. The molecule has 0 radical (unpaired) electrons. The fourth-order valence-corrected chi connectivity index (χ4v) is 2.28. The third kappa shape index (κ3) is 1.78. The molecule has 0 spiro atoms. The van der Waals surface area contributed by atoms with E-state index in [0.717, 1.165) is 21.6 Å². The van der Waals surface area contributed by atoms with E-state index in [2.05, 4.69) is 5.32 Å². The van der Waals surface area contributed by atoms with Crippen molar-refractivity contribution in [2.75, 3.05) is 7.05 Å². The zero-order valence-corrected chi connectivity index (χ0v) is 9.00. The molecule has 2 aromatic rings. The Labute approximate surface area is 90.2 Å². The maximum Gasteiger partial charge on any atom is 0.308 e. The fourth-order valence-electron chi connectivity index (χ4n) is 1.39. The van der Waals surface area contributed by atoms with Crippen LogP contribution in [-0.4, -0.2) is 17.5 Å². The Bertz CT molecular complexity index is 556. The molecule has 0 bridgehead atoms. The first kappa shape index (κ1) is 9.92. The Hall–Kier alpha value is -1.62. The highest BCUT2D eigenvalue weighted by Crippen LogP contribution is 2.15. The van der Waals surface area contributed by atoms with E-state index in [1.165, 1.54) is 4.57 Å². The molecule has 0 unspecified atom stereocenters. The van der Waals surface area contributed by atoms with Crippen molar-refractivity contribution in [3.63, 3.8) is 0 Å². The van der Waals surface area contributed by atoms with Gasteiger partial charge >= 0.3 is 4.87 Å². The average molecular weight is 222 g/mol. The highest BCUT2D eigenvalue weighted by atomic mass is 32.1. The Morgan fingerprint density at radius 1 is 1.47 bits per heavy atom. The zero-order valence-electron chi connectivity index (χ0n) is 8.19. The van der Waals surface area contributed by atoms with Gasteiger partial charge in [-0.05, 0) is 12.1 Å². The van der Waals surface area contributed by atoms with E-state index >= 15 is 0 Å². The van der Waals surface area contributed by atoms with Gasteiger partial charge in [-0.25, -0.2) is 0 Å². The number of nitrogens with zero attached hydrogens (tertiary/aromatic N) is 1. The molecule has 1 N–H and O–H groups in total. The second kappa shape index (κ2) is 3.86. The number of likely N-dealkylation sites (N-methyl/N-ethyl adjacent to an activating group) is 1. The summed E-state index contributed by atoms with van der Waals surface area (Å²) in [5.41, 5.74) is 0.816. The highest BCUT2D eigenvalue weighted by molar-refractivity contribution is 7.16. The summed E-state index contributed by atoms with van der Waals surface area (Å²) < 4.78 is 2.39. The van der Waals surface area contributed by atoms with Crippen LogP contribution in [0.2, 0.25) is 0 Å². The van der Waals surface area contributed by atoms with Crippen LogP contribution in [0.3, 0.4) is 0 Å². The number of aromatic nitrogens is 1. The van der Waals surface area contributed by atoms with Crippen LogP contribution < -0.4 is 10.2 Å². The van der Waals surface area contributed by atoms with Crippen LogP contribution in [0.5, 0.6) is 0 Å². The molecule has 78 valence electrons. The number of thiazole rings is 1. The first-order chi connectivity index (χ1) is 7.22. The van der Waals surface area contributed by atoms with E-state index in [-0.39, 0.29) is 17.3 Å². The Balaban J connectivity index is 2.54. The number of hydrogen-bond donors (Lipinski definition) is 1. The van der Waals surface area contributed by atoms with Gasteiger partial charge in [0.2, 0.25) is 5.91 Å². The summed E-state index contributed by atoms with van der Waals surface area (Å²) in [6.07, 6.45) is 0. The highest BCUT2D eigenvalue weighted by Gasteiger charge is 2.08. The average Bonchev–Trinajstić information content (AvgIpc) is 2.55. The lowest BCUT2D eigenvalue weighted by Gasteiger charge is -2.01. The molecule has 0 saturated carbocycles. The first-order valence-electron chi connectivity index (χ1n) is 4.51. The number of carbonyl (C=O) groups excluding carboxylic acids is 1. The smallest absolute Gasteiger partial charge is 0.308 e. The number of carbonyl (C=O) groups is 1. The van der Waals surface area contributed by atoms with E-state index in [4.69, 9.17) is 0 Å². The number of para-hydroxylation sites is 1. The van der Waals surface area contributed by atoms with Gasteiger partial charge in [0, 0.05) is 7.05 Å². The van der Waals surface area contributed by atoms with E-state index < -0.39 is 0 Å². The molecule has 5 heteroatoms. The van der Waals surface area contributed by atoms with E-state index in [1.54, 1.807) is 7.05 Å². The van der Waals surface area contributed by atoms with E-state index in [9.17, 15) is 9.59 Å². The van der Waals surface area contributed by atoms with E-state index in [1.807, 2.05) is 24.3 Å². The number of benzene rings is 1. The topological polar surface area (TPSA) is 51.1 Å². The standard InChI is InChI=1S/C10H10N2O2S/c1-11-9(13)6-12-7-4-2-3-5-8(7)15-10(12)14/h2-5H,6H2,1H3,(H,11,13). The van der Waals surface area contributed by atoms with Crippen LogP contribution in [0.25, 0.3) is 10.2 Å². The normalized spacial score (nSPS) is 10.5. The van der Waals surface area contributed by atoms with Gasteiger partial charge in [0.15, 0.2) is 0 Å². The SMILES string of the molecule is CNC(=O)Cn1c(=O)sc2ccccc21. The summed E-state index contributed by atoms with van der Waals surface area (Å²) in [5, 5.41) is 2.50. The molecule has 0 fully saturated rings. The largest absolute Gasteiger partial charge is 0.358 e. The molecule has 0 aliphatic rings. The molecule has 15 heavy (non-hydrogen) atoms. The third-order valence-electron chi connectivity index (χ3n) is 2.15. The maximum atomic E-state index is 11.6. The van der Waals surface area contributed by atoms with Crippen LogP contribution in [0.1, 0.15) is 0 Å². The zero-order chi connectivity index (χ0) is 10.8. The minimum Gasteiger partial charge on any atom is -0.358 e. The number of amides is 1. The molecule has 1 amide bonds. The summed E-state index contributed by atoms with van der Waals surface area (Å²) in [7, 11) is 1.56. The van der Waals surface area contributed by atoms with Crippen molar-refractivity contribution in [3.05, 3.63) is 33.9 Å². The van der Waals surface area contributed by atoms with Crippen molar-refractivity contribution in [1.82, 2.24) is 9.88 Å². The molecular formula is C10H10N2O2S. The lowest BCUT2D eigenvalue weighted by molar-refractivity contribution is -0.121. The summed E-state index contributed by atoms with van der Waals surface area (Å²) in [5.74, 6) is -0.166. The van der Waals surface area contributed by atoms with Gasteiger partial charge in [0.05, 0.1) is 10.2 Å². The lowest BCUT2D eigenvalue weighted by Crippen LogP contribution is -2.27. The molecule has 1 aromatic heterocycles. The van der Waals surface area contributed by atoms with Gasteiger partial charge in [-0.1, -0.05) is 23.5 Å². The monoisotopic (exact) mass is 222 g/mol. The number of hydrogen-bond acceptors (Lipinski definition) is 3. The minimum atomic E-state index is -0.166. The number of rotatable bonds is 2. The van der Waals surface area contributed by atoms with Crippen LogP contribution in [0, 0.1) is 0 Å². The molecule has 0 saturated heterocycles. The van der Waals surface area contributed by atoms with Crippen molar-refractivity contribution >= 4 is 27.5 Å². The number of fused-ring (bicyclic) bond motifs is 1. The molecule has 0 atom stereocenters. The second-order valence-electron chi connectivity index (χ2n) is 3.10. The molecule has 0 aliphatic carbocycles. The fraction of sp³-hybridized carbons (Fsp3) is 0.200. The van der Waals surface area contributed by atoms with Gasteiger partial charge in [0.25, 0.3) is 0 Å². The predicted octanol–water partition coefficient (Wildman–Crippen LogP) is 0.809. The quantitative estimate of drug-likeness (QED) is 0.817. The van der Waals surface area contributed by atoms with Crippen molar-refractivity contribution in [3.8, 4) is 0 Å². The van der Waals surface area contributed by atoms with Gasteiger partial charge < -0.3 is 5.32 Å². The van der Waals surface area contributed by atoms with Gasteiger partial charge in [-0.2, -0.15) is 0 Å². The molecule has 1 heterocycles. The Morgan fingerprint density at radius 2 is 2.20 bits per heavy atom. The summed E-state index contributed by atoms with van der Waals surface area (Å²) in [4.78, 5) is 22.7.